The molecule has 1 N–H and O–H groups in total. The van der Waals surface area contributed by atoms with E-state index in [2.05, 4.69) is 15.5 Å². The van der Waals surface area contributed by atoms with E-state index in [1.54, 1.807) is 42.5 Å². The first kappa shape index (κ1) is 21.1. The largest absolute Gasteiger partial charge is 0.497 e. The fourth-order valence-electron chi connectivity index (χ4n) is 2.42. The number of aromatic nitrogens is 2. The van der Waals surface area contributed by atoms with Crippen LogP contribution in [0.3, 0.4) is 0 Å². The van der Waals surface area contributed by atoms with Gasteiger partial charge in [0.25, 0.3) is 10.0 Å². The predicted octanol–water partition coefficient (Wildman–Crippen LogP) is 3.10. The fraction of sp³-hybridized carbons (Fsp3) is 0.167. The zero-order valence-electron chi connectivity index (χ0n) is 15.6. The molecule has 0 spiro atoms. The van der Waals surface area contributed by atoms with Crippen molar-refractivity contribution in [1.82, 2.24) is 10.2 Å². The summed E-state index contributed by atoms with van der Waals surface area (Å²) in [6.45, 7) is -0.419. The Bertz CT molecular complexity index is 1070. The van der Waals surface area contributed by atoms with Gasteiger partial charge in [0.15, 0.2) is 4.34 Å². The van der Waals surface area contributed by atoms with Crippen LogP contribution in [0, 0.1) is 0 Å². The number of hydrogen-bond donors (Lipinski definition) is 1. The molecule has 0 unspecified atom stereocenters. The number of carbonyl (C=O) groups is 1. The van der Waals surface area contributed by atoms with E-state index in [4.69, 9.17) is 4.74 Å². The topological polar surface area (TPSA) is 101 Å². The highest BCUT2D eigenvalue weighted by Gasteiger charge is 2.27. The van der Waals surface area contributed by atoms with Crippen LogP contribution >= 0.6 is 23.1 Å². The fourth-order valence-corrected chi connectivity index (χ4v) is 5.04. The molecule has 0 saturated carbocycles. The van der Waals surface area contributed by atoms with Crippen molar-refractivity contribution in [2.75, 3.05) is 29.5 Å². The lowest BCUT2D eigenvalue weighted by molar-refractivity contribution is -0.114. The molecule has 1 amide bonds. The third-order valence-electron chi connectivity index (χ3n) is 3.81. The van der Waals surface area contributed by atoms with Crippen molar-refractivity contribution < 1.29 is 17.9 Å². The maximum absolute atomic E-state index is 13.2. The summed E-state index contributed by atoms with van der Waals surface area (Å²) in [4.78, 5) is 12.7. The van der Waals surface area contributed by atoms with Crippen LogP contribution in [0.1, 0.15) is 0 Å². The molecule has 0 bridgehead atoms. The minimum absolute atomic E-state index is 0.0872. The van der Waals surface area contributed by atoms with Crippen molar-refractivity contribution in [3.8, 4) is 5.75 Å². The number of nitrogens with zero attached hydrogens (tertiary/aromatic N) is 3. The summed E-state index contributed by atoms with van der Waals surface area (Å²) in [5, 5.41) is 10.7. The Balaban J connectivity index is 1.90. The summed E-state index contributed by atoms with van der Waals surface area (Å²) in [5.41, 5.74) is 0.340. The minimum Gasteiger partial charge on any atom is -0.497 e. The Morgan fingerprint density at radius 3 is 2.41 bits per heavy atom. The number of ether oxygens (including phenoxy) is 1. The number of hydrogen-bond acceptors (Lipinski definition) is 8. The molecule has 3 aromatic rings. The Hall–Kier alpha value is -2.63. The predicted molar refractivity (Wildman–Crippen MR) is 114 cm³/mol. The second-order valence-electron chi connectivity index (χ2n) is 5.65. The van der Waals surface area contributed by atoms with E-state index in [1.807, 2.05) is 6.26 Å². The second-order valence-corrected chi connectivity index (χ2v) is 9.54. The van der Waals surface area contributed by atoms with Gasteiger partial charge in [-0.15, -0.1) is 10.2 Å². The van der Waals surface area contributed by atoms with Gasteiger partial charge in [-0.2, -0.15) is 0 Å². The van der Waals surface area contributed by atoms with E-state index in [0.717, 1.165) is 4.31 Å². The monoisotopic (exact) mass is 450 g/mol. The van der Waals surface area contributed by atoms with Gasteiger partial charge in [-0.05, 0) is 42.7 Å². The lowest BCUT2D eigenvalue weighted by Gasteiger charge is -2.24. The highest BCUT2D eigenvalue weighted by molar-refractivity contribution is 8.00. The summed E-state index contributed by atoms with van der Waals surface area (Å²) in [5.74, 6) is 0.0536. The molecule has 1 heterocycles. The molecule has 152 valence electrons. The summed E-state index contributed by atoms with van der Waals surface area (Å²) >= 11 is 2.63. The van der Waals surface area contributed by atoms with Crippen LogP contribution in [0.15, 0.2) is 63.8 Å². The smallest absolute Gasteiger partial charge is 0.264 e. The first-order chi connectivity index (χ1) is 13.9. The Labute approximate surface area is 177 Å². The summed E-state index contributed by atoms with van der Waals surface area (Å²) in [6.07, 6.45) is 1.85. The van der Waals surface area contributed by atoms with Gasteiger partial charge in [-0.1, -0.05) is 41.3 Å². The van der Waals surface area contributed by atoms with Gasteiger partial charge in [-0.25, -0.2) is 8.42 Å². The van der Waals surface area contributed by atoms with Crippen molar-refractivity contribution in [3.63, 3.8) is 0 Å². The van der Waals surface area contributed by atoms with Crippen LogP contribution in [-0.4, -0.2) is 44.4 Å². The molecule has 0 fully saturated rings. The number of amides is 1. The van der Waals surface area contributed by atoms with Crippen LogP contribution in [0.25, 0.3) is 0 Å². The molecular formula is C18H18N4O4S3. The van der Waals surface area contributed by atoms with E-state index in [-0.39, 0.29) is 4.90 Å². The third-order valence-corrected chi connectivity index (χ3v) is 7.41. The minimum atomic E-state index is -3.97. The number of nitrogens with one attached hydrogen (secondary N) is 1. The normalized spacial score (nSPS) is 11.1. The molecule has 0 aliphatic heterocycles. The highest BCUT2D eigenvalue weighted by atomic mass is 32.2. The summed E-state index contributed by atoms with van der Waals surface area (Å²) in [7, 11) is -2.45. The number of benzene rings is 2. The van der Waals surface area contributed by atoms with Gasteiger partial charge in [0.05, 0.1) is 17.7 Å². The molecule has 11 heteroatoms. The number of thioether (sulfide) groups is 1. The Morgan fingerprint density at radius 1 is 1.14 bits per heavy atom. The van der Waals surface area contributed by atoms with E-state index in [9.17, 15) is 13.2 Å². The molecule has 0 aliphatic rings. The zero-order chi connectivity index (χ0) is 20.9. The van der Waals surface area contributed by atoms with E-state index >= 15 is 0 Å². The third kappa shape index (κ3) is 5.05. The summed E-state index contributed by atoms with van der Waals surface area (Å²) in [6, 6.07) is 14.4. The van der Waals surface area contributed by atoms with Crippen LogP contribution in [0.5, 0.6) is 5.75 Å². The quantitative estimate of drug-likeness (QED) is 0.416. The molecule has 0 atom stereocenters. The number of rotatable bonds is 8. The van der Waals surface area contributed by atoms with Crippen molar-refractivity contribution in [2.45, 2.75) is 9.24 Å². The zero-order valence-corrected chi connectivity index (χ0v) is 18.1. The van der Waals surface area contributed by atoms with E-state index < -0.39 is 22.5 Å². The second kappa shape index (κ2) is 9.25. The molecule has 0 aliphatic carbocycles. The Morgan fingerprint density at radius 2 is 1.83 bits per heavy atom. The van der Waals surface area contributed by atoms with Gasteiger partial charge >= 0.3 is 0 Å². The number of sulfonamides is 1. The highest BCUT2D eigenvalue weighted by Crippen LogP contribution is 2.27. The molecule has 0 saturated heterocycles. The molecule has 2 aromatic carbocycles. The maximum atomic E-state index is 13.2. The lowest BCUT2D eigenvalue weighted by Crippen LogP contribution is -2.38. The molecule has 0 radical (unpaired) electrons. The van der Waals surface area contributed by atoms with Crippen LogP contribution in [0.2, 0.25) is 0 Å². The number of anilines is 2. The molecular weight excluding hydrogens is 432 g/mol. The van der Waals surface area contributed by atoms with E-state index in [1.165, 1.54) is 42.3 Å². The number of carbonyl (C=O) groups excluding carboxylic acids is 1. The van der Waals surface area contributed by atoms with Crippen molar-refractivity contribution in [3.05, 3.63) is 54.6 Å². The van der Waals surface area contributed by atoms with Gasteiger partial charge in [0, 0.05) is 0 Å². The average Bonchev–Trinajstić information content (AvgIpc) is 3.20. The lowest BCUT2D eigenvalue weighted by atomic mass is 10.3. The van der Waals surface area contributed by atoms with Gasteiger partial charge < -0.3 is 4.74 Å². The van der Waals surface area contributed by atoms with Crippen molar-refractivity contribution in [2.24, 2.45) is 0 Å². The molecule has 29 heavy (non-hydrogen) atoms. The standard InChI is InChI=1S/C18H18N4O4S3/c1-26-14-10-8-13(9-11-14)22(29(24,25)15-6-4-3-5-7-15)12-16(23)19-17-20-21-18(27-2)28-17/h3-11H,12H2,1-2H3,(H,19,20,23). The van der Waals surface area contributed by atoms with Gasteiger partial charge in [-0.3, -0.25) is 14.4 Å². The van der Waals surface area contributed by atoms with Crippen LogP contribution in [-0.2, 0) is 14.8 Å². The van der Waals surface area contributed by atoms with Crippen molar-refractivity contribution >= 4 is 49.8 Å². The first-order valence-corrected chi connectivity index (χ1v) is 11.8. The van der Waals surface area contributed by atoms with Crippen LogP contribution in [0.4, 0.5) is 10.8 Å². The molecule has 1 aromatic heterocycles. The van der Waals surface area contributed by atoms with Crippen LogP contribution < -0.4 is 14.4 Å². The number of methoxy groups -OCH3 is 1. The van der Waals surface area contributed by atoms with Crippen molar-refractivity contribution in [1.29, 1.82) is 0 Å². The summed E-state index contributed by atoms with van der Waals surface area (Å²) < 4.78 is 33.3. The van der Waals surface area contributed by atoms with Gasteiger partial charge in [0.2, 0.25) is 11.0 Å². The molecule has 3 rings (SSSR count). The Kier molecular flexibility index (Phi) is 6.72. The first-order valence-electron chi connectivity index (χ1n) is 8.33. The molecule has 8 nitrogen and oxygen atoms in total. The SMILES string of the molecule is COc1ccc(N(CC(=O)Nc2nnc(SC)s2)S(=O)(=O)c2ccccc2)cc1. The van der Waals surface area contributed by atoms with Gasteiger partial charge in [0.1, 0.15) is 12.3 Å². The maximum Gasteiger partial charge on any atom is 0.264 e. The van der Waals surface area contributed by atoms with E-state index in [0.29, 0.717) is 20.9 Å². The average molecular weight is 451 g/mol.